The lowest BCUT2D eigenvalue weighted by Crippen LogP contribution is -2.27. The van der Waals surface area contributed by atoms with Gasteiger partial charge in [-0.15, -0.1) is 0 Å². The highest BCUT2D eigenvalue weighted by molar-refractivity contribution is 6.34. The molecule has 0 aromatic rings. The Labute approximate surface area is 129 Å². The zero-order chi connectivity index (χ0) is 15.3. The van der Waals surface area contributed by atoms with Gasteiger partial charge in [-0.25, -0.2) is 4.79 Å². The lowest BCUT2D eigenvalue weighted by atomic mass is 9.86. The predicted octanol–water partition coefficient (Wildman–Crippen LogP) is 4.82. The molecule has 0 aromatic heterocycles. The molecule has 0 aromatic carbocycles. The molecule has 0 bridgehead atoms. The van der Waals surface area contributed by atoms with E-state index in [2.05, 4.69) is 6.92 Å². The highest BCUT2D eigenvalue weighted by atomic mass is 16.5. The van der Waals surface area contributed by atoms with Gasteiger partial charge in [0.2, 0.25) is 5.78 Å². The smallest absolute Gasteiger partial charge is 0.374 e. The van der Waals surface area contributed by atoms with Crippen LogP contribution in [0.25, 0.3) is 0 Å². The van der Waals surface area contributed by atoms with E-state index in [4.69, 9.17) is 4.74 Å². The number of unbranched alkanes of at least 4 members (excludes halogenated alkanes) is 7. The van der Waals surface area contributed by atoms with E-state index in [9.17, 15) is 9.59 Å². The van der Waals surface area contributed by atoms with Crippen molar-refractivity contribution in [3.05, 3.63) is 0 Å². The van der Waals surface area contributed by atoms with Gasteiger partial charge in [-0.2, -0.15) is 0 Å². The first-order valence-corrected chi connectivity index (χ1v) is 8.96. The fourth-order valence-corrected chi connectivity index (χ4v) is 3.00. The van der Waals surface area contributed by atoms with Crippen molar-refractivity contribution >= 4 is 11.8 Å². The Kier molecular flexibility index (Phi) is 10.2. The minimum atomic E-state index is -0.593. The van der Waals surface area contributed by atoms with Gasteiger partial charge in [0, 0.05) is 5.92 Å². The van der Waals surface area contributed by atoms with E-state index in [1.165, 1.54) is 44.9 Å². The Morgan fingerprint density at radius 2 is 1.43 bits per heavy atom. The van der Waals surface area contributed by atoms with Crippen molar-refractivity contribution in [3.63, 3.8) is 0 Å². The number of carbonyl (C=O) groups excluding carboxylic acids is 2. The van der Waals surface area contributed by atoms with E-state index in [1.54, 1.807) is 0 Å². The second kappa shape index (κ2) is 11.8. The van der Waals surface area contributed by atoms with Crippen molar-refractivity contribution in [3.8, 4) is 0 Å². The van der Waals surface area contributed by atoms with Gasteiger partial charge in [-0.1, -0.05) is 71.1 Å². The molecule has 0 heterocycles. The highest BCUT2D eigenvalue weighted by Gasteiger charge is 2.27. The summed E-state index contributed by atoms with van der Waals surface area (Å²) < 4.78 is 5.11. The summed E-state index contributed by atoms with van der Waals surface area (Å²) in [5.74, 6) is -0.941. The van der Waals surface area contributed by atoms with Crippen molar-refractivity contribution in [2.24, 2.45) is 5.92 Å². The van der Waals surface area contributed by atoms with Gasteiger partial charge in [0.1, 0.15) is 0 Å². The van der Waals surface area contributed by atoms with E-state index in [1.807, 2.05) is 0 Å². The van der Waals surface area contributed by atoms with E-state index >= 15 is 0 Å². The van der Waals surface area contributed by atoms with Crippen molar-refractivity contribution in [1.29, 1.82) is 0 Å². The van der Waals surface area contributed by atoms with E-state index < -0.39 is 5.97 Å². The first kappa shape index (κ1) is 18.2. The van der Waals surface area contributed by atoms with Crippen LogP contribution in [0.4, 0.5) is 0 Å². The number of esters is 1. The van der Waals surface area contributed by atoms with Crippen LogP contribution in [-0.2, 0) is 14.3 Å². The number of rotatable bonds is 11. The molecule has 0 amide bonds. The summed E-state index contributed by atoms with van der Waals surface area (Å²) in [6.45, 7) is 2.63. The maximum absolute atomic E-state index is 11.9. The highest BCUT2D eigenvalue weighted by Crippen LogP contribution is 2.24. The normalized spacial score (nSPS) is 15.9. The van der Waals surface area contributed by atoms with Gasteiger partial charge in [-0.05, 0) is 19.3 Å². The Bertz CT molecular complexity index is 293. The van der Waals surface area contributed by atoms with Crippen molar-refractivity contribution < 1.29 is 14.3 Å². The van der Waals surface area contributed by atoms with Gasteiger partial charge in [0.25, 0.3) is 0 Å². The molecule has 0 radical (unpaired) electrons. The number of ketones is 1. The van der Waals surface area contributed by atoms with Gasteiger partial charge in [-0.3, -0.25) is 4.79 Å². The third kappa shape index (κ3) is 8.23. The Balaban J connectivity index is 1.96. The number of Topliss-reactive ketones (excluding diaryl/α,β-unsaturated/α-hetero) is 1. The van der Waals surface area contributed by atoms with Crippen LogP contribution in [-0.4, -0.2) is 18.4 Å². The molecule has 122 valence electrons. The zero-order valence-corrected chi connectivity index (χ0v) is 13.7. The molecule has 0 saturated heterocycles. The predicted molar refractivity (Wildman–Crippen MR) is 85.2 cm³/mol. The van der Waals surface area contributed by atoms with Crippen LogP contribution in [0.3, 0.4) is 0 Å². The fraction of sp³-hybridized carbons (Fsp3) is 0.889. The van der Waals surface area contributed by atoms with Crippen LogP contribution < -0.4 is 0 Å². The minimum absolute atomic E-state index is 0.0650. The Morgan fingerprint density at radius 3 is 2.05 bits per heavy atom. The van der Waals surface area contributed by atoms with Crippen molar-refractivity contribution in [2.45, 2.75) is 90.4 Å². The van der Waals surface area contributed by atoms with Gasteiger partial charge >= 0.3 is 5.97 Å². The summed E-state index contributed by atoms with van der Waals surface area (Å²) >= 11 is 0. The molecule has 3 nitrogen and oxygen atoms in total. The van der Waals surface area contributed by atoms with Crippen molar-refractivity contribution in [2.75, 3.05) is 6.61 Å². The minimum Gasteiger partial charge on any atom is -0.460 e. The van der Waals surface area contributed by atoms with Crippen LogP contribution >= 0.6 is 0 Å². The number of hydrogen-bond acceptors (Lipinski definition) is 3. The molecule has 3 heteroatoms. The first-order valence-electron chi connectivity index (χ1n) is 8.96. The van der Waals surface area contributed by atoms with Crippen molar-refractivity contribution in [1.82, 2.24) is 0 Å². The lowest BCUT2D eigenvalue weighted by molar-refractivity contribution is -0.156. The van der Waals surface area contributed by atoms with Crippen LogP contribution in [0.1, 0.15) is 90.4 Å². The molecule has 1 fully saturated rings. The molecule has 0 aliphatic heterocycles. The Hall–Kier alpha value is -0.860. The second-order valence-corrected chi connectivity index (χ2v) is 6.31. The van der Waals surface area contributed by atoms with Crippen LogP contribution in [0.15, 0.2) is 0 Å². The summed E-state index contributed by atoms with van der Waals surface area (Å²) in [5, 5.41) is 0. The van der Waals surface area contributed by atoms with Gasteiger partial charge < -0.3 is 4.74 Å². The van der Waals surface area contributed by atoms with E-state index in [0.29, 0.717) is 6.61 Å². The molecule has 1 aliphatic rings. The van der Waals surface area contributed by atoms with Gasteiger partial charge in [0.15, 0.2) is 0 Å². The lowest BCUT2D eigenvalue weighted by Gasteiger charge is -2.19. The molecule has 0 unspecified atom stereocenters. The number of ether oxygens (including phenoxy) is 1. The van der Waals surface area contributed by atoms with Crippen LogP contribution in [0, 0.1) is 5.92 Å². The third-order valence-corrected chi connectivity index (χ3v) is 4.41. The largest absolute Gasteiger partial charge is 0.460 e. The average molecular weight is 296 g/mol. The molecule has 1 aliphatic carbocycles. The monoisotopic (exact) mass is 296 g/mol. The quantitative estimate of drug-likeness (QED) is 0.312. The zero-order valence-electron chi connectivity index (χ0n) is 13.7. The number of carbonyl (C=O) groups is 2. The summed E-state index contributed by atoms with van der Waals surface area (Å²) in [4.78, 5) is 23.6. The fourth-order valence-electron chi connectivity index (χ4n) is 3.00. The number of hydrogen-bond donors (Lipinski definition) is 0. The Morgan fingerprint density at radius 1 is 0.857 bits per heavy atom. The summed E-state index contributed by atoms with van der Waals surface area (Å²) in [6.07, 6.45) is 14.8. The summed E-state index contributed by atoms with van der Waals surface area (Å²) in [6, 6.07) is 0. The first-order chi connectivity index (χ1) is 10.3. The van der Waals surface area contributed by atoms with Crippen LogP contribution in [0.2, 0.25) is 0 Å². The van der Waals surface area contributed by atoms with Gasteiger partial charge in [0.05, 0.1) is 6.61 Å². The summed E-state index contributed by atoms with van der Waals surface area (Å²) in [7, 11) is 0. The molecular formula is C18H32O3. The molecule has 0 atom stereocenters. The third-order valence-electron chi connectivity index (χ3n) is 4.41. The average Bonchev–Trinajstić information content (AvgIpc) is 2.53. The maximum atomic E-state index is 11.9. The SMILES string of the molecule is CCCCCCCCCCOC(=O)C(=O)C1CCCCC1. The molecule has 1 saturated carbocycles. The topological polar surface area (TPSA) is 43.4 Å². The van der Waals surface area contributed by atoms with E-state index in [-0.39, 0.29) is 11.7 Å². The second-order valence-electron chi connectivity index (χ2n) is 6.31. The van der Waals surface area contributed by atoms with Crippen LogP contribution in [0.5, 0.6) is 0 Å². The summed E-state index contributed by atoms with van der Waals surface area (Å²) in [5.41, 5.74) is 0. The van der Waals surface area contributed by atoms with E-state index in [0.717, 1.165) is 38.5 Å². The molecule has 0 N–H and O–H groups in total. The molecular weight excluding hydrogens is 264 g/mol. The standard InChI is InChI=1S/C18H32O3/c1-2-3-4-5-6-7-8-12-15-21-18(20)17(19)16-13-10-9-11-14-16/h16H,2-15H2,1H3. The molecule has 0 spiro atoms. The molecule has 21 heavy (non-hydrogen) atoms. The molecule has 1 rings (SSSR count). The maximum Gasteiger partial charge on any atom is 0.374 e.